The SMILES string of the molecule is Cc1cc(C)n(C[C@@H]2CN(Cc3nnnn3C3CC3)CCO2)n1. The number of aromatic nitrogens is 6. The van der Waals surface area contributed by atoms with Gasteiger partial charge < -0.3 is 4.74 Å². The van der Waals surface area contributed by atoms with Gasteiger partial charge in [-0.25, -0.2) is 4.68 Å². The molecule has 8 heteroatoms. The van der Waals surface area contributed by atoms with E-state index in [1.165, 1.54) is 18.5 Å². The van der Waals surface area contributed by atoms with Crippen LogP contribution in [0.2, 0.25) is 0 Å². The zero-order chi connectivity index (χ0) is 15.8. The van der Waals surface area contributed by atoms with Gasteiger partial charge in [-0.05, 0) is 43.2 Å². The van der Waals surface area contributed by atoms with E-state index in [-0.39, 0.29) is 6.10 Å². The minimum atomic E-state index is 0.159. The molecule has 1 saturated heterocycles. The molecule has 1 atom stereocenters. The second kappa shape index (κ2) is 6.01. The highest BCUT2D eigenvalue weighted by atomic mass is 16.5. The fourth-order valence-electron chi connectivity index (χ4n) is 3.21. The molecule has 2 aromatic rings. The van der Waals surface area contributed by atoms with E-state index in [4.69, 9.17) is 4.74 Å². The number of hydrogen-bond acceptors (Lipinski definition) is 6. The highest BCUT2D eigenvalue weighted by Gasteiger charge is 2.29. The van der Waals surface area contributed by atoms with Gasteiger partial charge in [0.25, 0.3) is 0 Å². The molecule has 2 aliphatic rings. The Hall–Kier alpha value is -1.80. The highest BCUT2D eigenvalue weighted by Crippen LogP contribution is 2.34. The van der Waals surface area contributed by atoms with E-state index in [1.807, 2.05) is 16.3 Å². The molecular formula is C15H23N7O. The van der Waals surface area contributed by atoms with Crippen molar-refractivity contribution >= 4 is 0 Å². The maximum Gasteiger partial charge on any atom is 0.165 e. The summed E-state index contributed by atoms with van der Waals surface area (Å²) in [5.41, 5.74) is 2.24. The number of hydrogen-bond donors (Lipinski definition) is 0. The number of rotatable bonds is 5. The number of tetrazole rings is 1. The Morgan fingerprint density at radius 3 is 2.91 bits per heavy atom. The van der Waals surface area contributed by atoms with Crippen LogP contribution in [0, 0.1) is 13.8 Å². The Balaban J connectivity index is 1.38. The van der Waals surface area contributed by atoms with Gasteiger partial charge in [0.2, 0.25) is 0 Å². The monoisotopic (exact) mass is 317 g/mol. The second-order valence-corrected chi connectivity index (χ2v) is 6.61. The Bertz CT molecular complexity index is 675. The maximum atomic E-state index is 5.92. The van der Waals surface area contributed by atoms with Crippen molar-refractivity contribution in [2.75, 3.05) is 19.7 Å². The lowest BCUT2D eigenvalue weighted by atomic mass is 10.2. The van der Waals surface area contributed by atoms with Gasteiger partial charge in [-0.2, -0.15) is 5.10 Å². The van der Waals surface area contributed by atoms with Gasteiger partial charge in [-0.15, -0.1) is 5.10 Å². The normalized spacial score (nSPS) is 22.6. The average molecular weight is 317 g/mol. The molecule has 2 fully saturated rings. The van der Waals surface area contributed by atoms with Crippen molar-refractivity contribution in [3.8, 4) is 0 Å². The lowest BCUT2D eigenvalue weighted by Gasteiger charge is -2.32. The first kappa shape index (κ1) is 14.8. The van der Waals surface area contributed by atoms with Gasteiger partial charge in [-0.1, -0.05) is 0 Å². The first-order chi connectivity index (χ1) is 11.2. The molecule has 0 N–H and O–H groups in total. The molecule has 0 aromatic carbocycles. The molecule has 0 bridgehead atoms. The quantitative estimate of drug-likeness (QED) is 0.809. The van der Waals surface area contributed by atoms with Crippen molar-refractivity contribution in [3.05, 3.63) is 23.3 Å². The minimum Gasteiger partial charge on any atom is -0.374 e. The molecule has 23 heavy (non-hydrogen) atoms. The third kappa shape index (κ3) is 3.28. The average Bonchev–Trinajstić information content (AvgIpc) is 3.18. The van der Waals surface area contributed by atoms with Crippen LogP contribution in [0.5, 0.6) is 0 Å². The zero-order valence-electron chi connectivity index (χ0n) is 13.7. The van der Waals surface area contributed by atoms with E-state index in [0.29, 0.717) is 6.04 Å². The summed E-state index contributed by atoms with van der Waals surface area (Å²) in [6.45, 7) is 8.25. The van der Waals surface area contributed by atoms with Crippen LogP contribution in [-0.4, -0.2) is 60.7 Å². The van der Waals surface area contributed by atoms with Crippen LogP contribution < -0.4 is 0 Å². The first-order valence-electron chi connectivity index (χ1n) is 8.31. The summed E-state index contributed by atoms with van der Waals surface area (Å²) in [5.74, 6) is 0.972. The van der Waals surface area contributed by atoms with Crippen LogP contribution in [0.15, 0.2) is 6.07 Å². The predicted molar refractivity (Wildman–Crippen MR) is 82.8 cm³/mol. The highest BCUT2D eigenvalue weighted by molar-refractivity contribution is 5.06. The van der Waals surface area contributed by atoms with Crippen LogP contribution in [0.3, 0.4) is 0 Å². The van der Waals surface area contributed by atoms with Gasteiger partial charge in [0, 0.05) is 18.8 Å². The Labute approximate surface area is 135 Å². The van der Waals surface area contributed by atoms with Crippen LogP contribution in [0.1, 0.15) is 36.1 Å². The molecule has 4 rings (SSSR count). The van der Waals surface area contributed by atoms with Crippen molar-refractivity contribution in [1.82, 2.24) is 34.9 Å². The third-order valence-electron chi connectivity index (χ3n) is 4.52. The van der Waals surface area contributed by atoms with Crippen molar-refractivity contribution in [1.29, 1.82) is 0 Å². The smallest absolute Gasteiger partial charge is 0.165 e. The lowest BCUT2D eigenvalue weighted by molar-refractivity contribution is -0.0415. The van der Waals surface area contributed by atoms with Crippen LogP contribution in [0.4, 0.5) is 0 Å². The van der Waals surface area contributed by atoms with E-state index in [2.05, 4.69) is 38.5 Å². The topological polar surface area (TPSA) is 73.9 Å². The molecule has 3 heterocycles. The summed E-state index contributed by atoms with van der Waals surface area (Å²) >= 11 is 0. The largest absolute Gasteiger partial charge is 0.374 e. The van der Waals surface area contributed by atoms with Crippen molar-refractivity contribution in [2.45, 2.75) is 51.9 Å². The van der Waals surface area contributed by atoms with Crippen LogP contribution in [0.25, 0.3) is 0 Å². The third-order valence-corrected chi connectivity index (χ3v) is 4.52. The number of aryl methyl sites for hydroxylation is 2. The summed E-state index contributed by atoms with van der Waals surface area (Å²) < 4.78 is 9.96. The predicted octanol–water partition coefficient (Wildman–Crippen LogP) is 0.722. The summed E-state index contributed by atoms with van der Waals surface area (Å²) in [6.07, 6.45) is 2.55. The van der Waals surface area contributed by atoms with Crippen molar-refractivity contribution in [2.24, 2.45) is 0 Å². The van der Waals surface area contributed by atoms with Crippen molar-refractivity contribution < 1.29 is 4.74 Å². The molecule has 8 nitrogen and oxygen atoms in total. The van der Waals surface area contributed by atoms with Crippen LogP contribution in [-0.2, 0) is 17.8 Å². The molecule has 0 amide bonds. The maximum absolute atomic E-state index is 5.92. The molecule has 2 aromatic heterocycles. The van der Waals surface area contributed by atoms with E-state index in [9.17, 15) is 0 Å². The summed E-state index contributed by atoms with van der Waals surface area (Å²) in [5, 5.41) is 16.7. The molecule has 1 saturated carbocycles. The van der Waals surface area contributed by atoms with E-state index < -0.39 is 0 Å². The van der Waals surface area contributed by atoms with Gasteiger partial charge in [0.15, 0.2) is 5.82 Å². The Kier molecular flexibility index (Phi) is 3.86. The Morgan fingerprint density at radius 1 is 1.30 bits per heavy atom. The number of ether oxygens (including phenoxy) is 1. The number of morpholine rings is 1. The van der Waals surface area contributed by atoms with E-state index >= 15 is 0 Å². The van der Waals surface area contributed by atoms with E-state index in [0.717, 1.165) is 44.3 Å². The molecule has 1 aliphatic carbocycles. The van der Waals surface area contributed by atoms with Gasteiger partial charge in [0.05, 0.1) is 37.5 Å². The van der Waals surface area contributed by atoms with Crippen molar-refractivity contribution in [3.63, 3.8) is 0 Å². The van der Waals surface area contributed by atoms with Gasteiger partial charge in [-0.3, -0.25) is 9.58 Å². The standard InChI is InChI=1S/C15H23N7O/c1-11-7-12(2)21(17-11)9-14-8-20(5-6-23-14)10-15-16-18-19-22(15)13-3-4-13/h7,13-14H,3-6,8-10H2,1-2H3/t14-/m0/s1. The lowest BCUT2D eigenvalue weighted by Crippen LogP contribution is -2.44. The fourth-order valence-corrected chi connectivity index (χ4v) is 3.21. The zero-order valence-corrected chi connectivity index (χ0v) is 13.7. The molecular weight excluding hydrogens is 294 g/mol. The fraction of sp³-hybridized carbons (Fsp3) is 0.733. The molecule has 0 radical (unpaired) electrons. The molecule has 1 aliphatic heterocycles. The second-order valence-electron chi connectivity index (χ2n) is 6.61. The van der Waals surface area contributed by atoms with Crippen LogP contribution >= 0.6 is 0 Å². The van der Waals surface area contributed by atoms with Gasteiger partial charge in [0.1, 0.15) is 0 Å². The van der Waals surface area contributed by atoms with E-state index in [1.54, 1.807) is 0 Å². The number of nitrogens with zero attached hydrogens (tertiary/aromatic N) is 7. The summed E-state index contributed by atoms with van der Waals surface area (Å²) in [7, 11) is 0. The minimum absolute atomic E-state index is 0.159. The summed E-state index contributed by atoms with van der Waals surface area (Å²) in [6, 6.07) is 2.62. The molecule has 124 valence electrons. The first-order valence-corrected chi connectivity index (χ1v) is 8.31. The molecule has 0 spiro atoms. The van der Waals surface area contributed by atoms with Gasteiger partial charge >= 0.3 is 0 Å². The molecule has 0 unspecified atom stereocenters. The summed E-state index contributed by atoms with van der Waals surface area (Å²) in [4.78, 5) is 2.38. The Morgan fingerprint density at radius 2 is 2.17 bits per heavy atom.